The number of Topliss-reactive ketones (excluding diaryl/α,β-unsaturated/α-hetero) is 1. The number of para-hydroxylation sites is 1. The molecule has 3 aromatic rings. The van der Waals surface area contributed by atoms with Gasteiger partial charge in [0, 0.05) is 25.7 Å². The summed E-state index contributed by atoms with van der Waals surface area (Å²) in [6.07, 6.45) is 1.22. The van der Waals surface area contributed by atoms with Gasteiger partial charge >= 0.3 is 0 Å². The van der Waals surface area contributed by atoms with Crippen LogP contribution >= 0.6 is 0 Å². The van der Waals surface area contributed by atoms with Gasteiger partial charge in [0.1, 0.15) is 17.3 Å². The number of hydrogen-bond acceptors (Lipinski definition) is 5. The van der Waals surface area contributed by atoms with Crippen molar-refractivity contribution in [2.24, 2.45) is 0 Å². The minimum Gasteiger partial charge on any atom is -0.382 e. The van der Waals surface area contributed by atoms with E-state index >= 15 is 4.39 Å². The summed E-state index contributed by atoms with van der Waals surface area (Å²) in [5, 5.41) is 9.35. The van der Waals surface area contributed by atoms with Crippen molar-refractivity contribution < 1.29 is 17.6 Å². The predicted octanol–water partition coefficient (Wildman–Crippen LogP) is 3.48. The molecule has 0 bridgehead atoms. The highest BCUT2D eigenvalue weighted by atomic mass is 32.2. The van der Waals surface area contributed by atoms with E-state index in [4.69, 9.17) is 0 Å². The molecule has 0 aliphatic rings. The fraction of sp³-hybridized carbons (Fsp3) is 0.143. The topological polar surface area (TPSA) is 83.2 Å². The minimum absolute atomic E-state index is 0.0197. The monoisotopic (exact) mass is 411 g/mol. The summed E-state index contributed by atoms with van der Waals surface area (Å²) in [4.78, 5) is 14.4. The summed E-state index contributed by atoms with van der Waals surface area (Å²) >= 11 is 0. The van der Waals surface area contributed by atoms with Crippen molar-refractivity contribution in [2.75, 3.05) is 14.1 Å². The first-order chi connectivity index (χ1) is 13.7. The highest BCUT2D eigenvalue weighted by Crippen LogP contribution is 2.30. The first-order valence-electron chi connectivity index (χ1n) is 8.62. The zero-order chi connectivity index (χ0) is 21.3. The standard InChI is InChI=1S/C21H18FN3O3S/c1-14-8-10-16(11-9-14)29(27,28)25-18-7-5-4-6-17(18)19(22)20(25)21(26)15(12-23)13-24(2)3/h4-11,13H,1-3H3/b15-13+. The zero-order valence-electron chi connectivity index (χ0n) is 16.0. The molecular formula is C21H18FN3O3S. The second kappa shape index (κ2) is 7.53. The second-order valence-corrected chi connectivity index (χ2v) is 8.50. The number of allylic oxidation sites excluding steroid dienone is 1. The van der Waals surface area contributed by atoms with Gasteiger partial charge in [-0.2, -0.15) is 5.26 Å². The lowest BCUT2D eigenvalue weighted by Gasteiger charge is -2.12. The number of carbonyl (C=O) groups excluding carboxylic acids is 1. The molecule has 0 aliphatic carbocycles. The van der Waals surface area contributed by atoms with E-state index in [-0.39, 0.29) is 21.4 Å². The maximum Gasteiger partial charge on any atom is 0.268 e. The molecule has 8 heteroatoms. The second-order valence-electron chi connectivity index (χ2n) is 6.71. The average molecular weight is 411 g/mol. The molecule has 1 aromatic heterocycles. The summed E-state index contributed by atoms with van der Waals surface area (Å²) in [6, 6.07) is 13.7. The van der Waals surface area contributed by atoms with Crippen LogP contribution in [0.4, 0.5) is 4.39 Å². The average Bonchev–Trinajstić information content (AvgIpc) is 2.99. The van der Waals surface area contributed by atoms with Crippen molar-refractivity contribution in [1.82, 2.24) is 8.87 Å². The molecule has 0 saturated heterocycles. The zero-order valence-corrected chi connectivity index (χ0v) is 16.9. The van der Waals surface area contributed by atoms with E-state index in [9.17, 15) is 18.5 Å². The molecule has 148 valence electrons. The highest BCUT2D eigenvalue weighted by Gasteiger charge is 2.32. The molecule has 0 N–H and O–H groups in total. The number of nitrogens with zero attached hydrogens (tertiary/aromatic N) is 3. The summed E-state index contributed by atoms with van der Waals surface area (Å²) in [7, 11) is -1.11. The lowest BCUT2D eigenvalue weighted by molar-refractivity contribution is 0.102. The smallest absolute Gasteiger partial charge is 0.268 e. The summed E-state index contributed by atoms with van der Waals surface area (Å²) in [5.41, 5.74) is -0.195. The SMILES string of the molecule is Cc1ccc(S(=O)(=O)n2c(C(=O)/C(C#N)=C/N(C)C)c(F)c3ccccc32)cc1. The van der Waals surface area contributed by atoms with Gasteiger partial charge in [-0.15, -0.1) is 0 Å². The Balaban J connectivity index is 2.38. The largest absolute Gasteiger partial charge is 0.382 e. The molecule has 3 rings (SSSR count). The van der Waals surface area contributed by atoms with Gasteiger partial charge in [0.25, 0.3) is 10.0 Å². The molecular weight excluding hydrogens is 393 g/mol. The number of rotatable bonds is 5. The van der Waals surface area contributed by atoms with E-state index < -0.39 is 27.3 Å². The molecule has 6 nitrogen and oxygen atoms in total. The number of fused-ring (bicyclic) bond motifs is 1. The van der Waals surface area contributed by atoms with Crippen LogP contribution in [0.2, 0.25) is 0 Å². The number of ketones is 1. The Bertz CT molecular complexity index is 1280. The van der Waals surface area contributed by atoms with Crippen LogP contribution < -0.4 is 0 Å². The maximum absolute atomic E-state index is 15.2. The molecule has 0 aliphatic heterocycles. The number of nitriles is 1. The molecule has 2 aromatic carbocycles. The molecule has 0 atom stereocenters. The molecule has 0 unspecified atom stereocenters. The van der Waals surface area contributed by atoms with E-state index in [2.05, 4.69) is 0 Å². The quantitative estimate of drug-likeness (QED) is 0.365. The van der Waals surface area contributed by atoms with Crippen molar-refractivity contribution in [3.05, 3.63) is 77.4 Å². The summed E-state index contributed by atoms with van der Waals surface area (Å²) in [6.45, 7) is 1.81. The molecule has 0 fully saturated rings. The fourth-order valence-corrected chi connectivity index (χ4v) is 4.47. The van der Waals surface area contributed by atoms with E-state index in [0.29, 0.717) is 3.97 Å². The lowest BCUT2D eigenvalue weighted by atomic mass is 10.1. The number of hydrogen-bond donors (Lipinski definition) is 0. The highest BCUT2D eigenvalue weighted by molar-refractivity contribution is 7.90. The Kier molecular flexibility index (Phi) is 5.27. The fourth-order valence-electron chi connectivity index (χ4n) is 2.95. The number of benzene rings is 2. The van der Waals surface area contributed by atoms with Gasteiger partial charge in [-0.1, -0.05) is 29.8 Å². The van der Waals surface area contributed by atoms with Crippen LogP contribution in [0.1, 0.15) is 16.1 Å². The third kappa shape index (κ3) is 3.52. The van der Waals surface area contributed by atoms with Gasteiger partial charge in [0.2, 0.25) is 5.78 Å². The normalized spacial score (nSPS) is 12.0. The van der Waals surface area contributed by atoms with Crippen LogP contribution in [-0.2, 0) is 10.0 Å². The first kappa shape index (κ1) is 20.3. The minimum atomic E-state index is -4.30. The number of halogens is 1. The third-order valence-corrected chi connectivity index (χ3v) is 6.02. The first-order valence-corrected chi connectivity index (χ1v) is 10.1. The van der Waals surface area contributed by atoms with Crippen molar-refractivity contribution >= 4 is 26.7 Å². The molecule has 1 heterocycles. The maximum atomic E-state index is 15.2. The van der Waals surface area contributed by atoms with E-state index in [0.717, 1.165) is 5.56 Å². The van der Waals surface area contributed by atoms with Crippen LogP contribution in [0.25, 0.3) is 10.9 Å². The van der Waals surface area contributed by atoms with E-state index in [1.807, 2.05) is 0 Å². The van der Waals surface area contributed by atoms with Gasteiger partial charge in [0.05, 0.1) is 10.4 Å². The Hall–Kier alpha value is -3.44. The number of aryl methyl sites for hydroxylation is 1. The van der Waals surface area contributed by atoms with Gasteiger partial charge < -0.3 is 4.90 Å². The van der Waals surface area contributed by atoms with Gasteiger partial charge in [0.15, 0.2) is 5.82 Å². The summed E-state index contributed by atoms with van der Waals surface area (Å²) < 4.78 is 42.6. The van der Waals surface area contributed by atoms with E-state index in [1.165, 1.54) is 35.4 Å². The molecule has 0 saturated carbocycles. The van der Waals surface area contributed by atoms with Crippen molar-refractivity contribution in [2.45, 2.75) is 11.8 Å². The van der Waals surface area contributed by atoms with Crippen molar-refractivity contribution in [3.8, 4) is 6.07 Å². The lowest BCUT2D eigenvalue weighted by Crippen LogP contribution is -2.21. The Morgan fingerprint density at radius 1 is 1.14 bits per heavy atom. The van der Waals surface area contributed by atoms with Crippen LogP contribution in [0.3, 0.4) is 0 Å². The van der Waals surface area contributed by atoms with Crippen LogP contribution in [0.15, 0.2) is 65.2 Å². The molecule has 0 spiro atoms. The van der Waals surface area contributed by atoms with Crippen LogP contribution in [-0.4, -0.2) is 37.2 Å². The van der Waals surface area contributed by atoms with Gasteiger partial charge in [-0.05, 0) is 31.2 Å². The van der Waals surface area contributed by atoms with Crippen molar-refractivity contribution in [3.63, 3.8) is 0 Å². The molecule has 0 radical (unpaired) electrons. The number of carbonyl (C=O) groups is 1. The van der Waals surface area contributed by atoms with Gasteiger partial charge in [-0.3, -0.25) is 4.79 Å². The van der Waals surface area contributed by atoms with Crippen LogP contribution in [0.5, 0.6) is 0 Å². The van der Waals surface area contributed by atoms with Gasteiger partial charge in [-0.25, -0.2) is 16.8 Å². The summed E-state index contributed by atoms with van der Waals surface area (Å²) in [5.74, 6) is -1.99. The molecule has 29 heavy (non-hydrogen) atoms. The third-order valence-electron chi connectivity index (χ3n) is 4.30. The van der Waals surface area contributed by atoms with Crippen molar-refractivity contribution in [1.29, 1.82) is 5.26 Å². The Morgan fingerprint density at radius 3 is 2.34 bits per heavy atom. The Morgan fingerprint density at radius 2 is 1.76 bits per heavy atom. The predicted molar refractivity (Wildman–Crippen MR) is 107 cm³/mol. The van der Waals surface area contributed by atoms with Crippen LogP contribution in [0, 0.1) is 24.1 Å². The number of aromatic nitrogens is 1. The molecule has 0 amide bonds. The Labute approximate surface area is 168 Å². The van der Waals surface area contributed by atoms with E-state index in [1.54, 1.807) is 51.4 Å².